The minimum atomic E-state index is 0. The van der Waals surface area contributed by atoms with E-state index in [-0.39, 0.29) is 12.4 Å². The van der Waals surface area contributed by atoms with Gasteiger partial charge in [0, 0.05) is 5.75 Å². The predicted octanol–water partition coefficient (Wildman–Crippen LogP) is 2.64. The molecular weight excluding hydrogens is 265 g/mol. The zero-order chi connectivity index (χ0) is 10.5. The van der Waals surface area contributed by atoms with Crippen LogP contribution in [0.2, 0.25) is 5.15 Å². The van der Waals surface area contributed by atoms with Crippen LogP contribution >= 0.6 is 35.8 Å². The summed E-state index contributed by atoms with van der Waals surface area (Å²) in [5.74, 6) is 1.95. The number of aromatic nitrogens is 2. The summed E-state index contributed by atoms with van der Waals surface area (Å²) >= 11 is 7.45. The summed E-state index contributed by atoms with van der Waals surface area (Å²) in [4.78, 5) is 0. The third kappa shape index (κ3) is 4.45. The van der Waals surface area contributed by atoms with Gasteiger partial charge in [-0.2, -0.15) is 0 Å². The van der Waals surface area contributed by atoms with Gasteiger partial charge < -0.3 is 5.32 Å². The molecule has 6 heteroatoms. The van der Waals surface area contributed by atoms with Crippen LogP contribution in [-0.2, 0) is 0 Å². The molecule has 0 atom stereocenters. The Morgan fingerprint density at radius 3 is 2.69 bits per heavy atom. The Morgan fingerprint density at radius 1 is 1.31 bits per heavy atom. The molecule has 0 saturated carbocycles. The predicted molar refractivity (Wildman–Crippen MR) is 70.6 cm³/mol. The van der Waals surface area contributed by atoms with Crippen LogP contribution < -0.4 is 5.32 Å². The molecule has 0 aromatic carbocycles. The van der Waals surface area contributed by atoms with E-state index >= 15 is 0 Å². The third-order valence-corrected chi connectivity index (χ3v) is 3.89. The minimum Gasteiger partial charge on any atom is -0.317 e. The SMILES string of the molecule is Cl.Clc1ccc(SCC2CCNCC2)nn1. The average molecular weight is 280 g/mol. The van der Waals surface area contributed by atoms with Gasteiger partial charge in [-0.05, 0) is 44.0 Å². The Kier molecular flexibility index (Phi) is 6.43. The van der Waals surface area contributed by atoms with E-state index < -0.39 is 0 Å². The fraction of sp³-hybridized carbons (Fsp3) is 0.600. The number of hydrogen-bond acceptors (Lipinski definition) is 4. The number of hydrogen-bond donors (Lipinski definition) is 1. The lowest BCUT2D eigenvalue weighted by molar-refractivity contribution is 0.408. The van der Waals surface area contributed by atoms with E-state index in [1.54, 1.807) is 17.8 Å². The van der Waals surface area contributed by atoms with Gasteiger partial charge in [0.25, 0.3) is 0 Å². The molecule has 3 nitrogen and oxygen atoms in total. The Hall–Kier alpha value is -0.0300. The molecule has 2 rings (SSSR count). The highest BCUT2D eigenvalue weighted by atomic mass is 35.5. The molecule has 1 fully saturated rings. The lowest BCUT2D eigenvalue weighted by Crippen LogP contribution is -2.28. The maximum Gasteiger partial charge on any atom is 0.151 e. The second kappa shape index (κ2) is 7.33. The van der Waals surface area contributed by atoms with Crippen molar-refractivity contribution in [2.45, 2.75) is 17.9 Å². The number of halogens is 2. The largest absolute Gasteiger partial charge is 0.317 e. The van der Waals surface area contributed by atoms with Crippen molar-refractivity contribution in [2.24, 2.45) is 5.92 Å². The molecule has 0 aliphatic carbocycles. The van der Waals surface area contributed by atoms with E-state index in [2.05, 4.69) is 15.5 Å². The van der Waals surface area contributed by atoms with Crippen molar-refractivity contribution in [1.29, 1.82) is 0 Å². The Labute approximate surface area is 111 Å². The Balaban J connectivity index is 0.00000128. The highest BCUT2D eigenvalue weighted by molar-refractivity contribution is 7.99. The molecule has 16 heavy (non-hydrogen) atoms. The number of piperidine rings is 1. The van der Waals surface area contributed by atoms with Gasteiger partial charge in [0.15, 0.2) is 5.15 Å². The first-order chi connectivity index (χ1) is 7.34. The minimum absolute atomic E-state index is 0. The zero-order valence-electron chi connectivity index (χ0n) is 8.86. The van der Waals surface area contributed by atoms with E-state index in [1.807, 2.05) is 6.07 Å². The summed E-state index contributed by atoms with van der Waals surface area (Å²) in [6, 6.07) is 3.72. The normalized spacial score (nSPS) is 16.8. The molecule has 0 radical (unpaired) electrons. The molecule has 2 heterocycles. The molecule has 1 aliphatic rings. The first-order valence-electron chi connectivity index (χ1n) is 5.17. The molecule has 90 valence electrons. The van der Waals surface area contributed by atoms with Crippen LogP contribution in [0.5, 0.6) is 0 Å². The van der Waals surface area contributed by atoms with Gasteiger partial charge >= 0.3 is 0 Å². The topological polar surface area (TPSA) is 37.8 Å². The molecule has 1 saturated heterocycles. The maximum atomic E-state index is 5.67. The van der Waals surface area contributed by atoms with Gasteiger partial charge in [0.05, 0.1) is 0 Å². The summed E-state index contributed by atoms with van der Waals surface area (Å²) in [6.45, 7) is 2.30. The van der Waals surface area contributed by atoms with Crippen LogP contribution in [0.25, 0.3) is 0 Å². The van der Waals surface area contributed by atoms with Gasteiger partial charge in [-0.1, -0.05) is 11.6 Å². The summed E-state index contributed by atoms with van der Waals surface area (Å²) in [5, 5.41) is 12.6. The number of nitrogens with one attached hydrogen (secondary N) is 1. The molecule has 0 bridgehead atoms. The summed E-state index contributed by atoms with van der Waals surface area (Å²) in [7, 11) is 0. The monoisotopic (exact) mass is 279 g/mol. The Morgan fingerprint density at radius 2 is 2.06 bits per heavy atom. The quantitative estimate of drug-likeness (QED) is 0.864. The highest BCUT2D eigenvalue weighted by Crippen LogP contribution is 2.23. The lowest BCUT2D eigenvalue weighted by atomic mass is 10.0. The number of thioether (sulfide) groups is 1. The van der Waals surface area contributed by atoms with Gasteiger partial charge in [0.1, 0.15) is 5.03 Å². The first kappa shape index (κ1) is 14.0. The van der Waals surface area contributed by atoms with Gasteiger partial charge in [-0.15, -0.1) is 34.4 Å². The molecule has 1 aromatic heterocycles. The van der Waals surface area contributed by atoms with Crippen molar-refractivity contribution in [3.63, 3.8) is 0 Å². The summed E-state index contributed by atoms with van der Waals surface area (Å²) < 4.78 is 0. The number of nitrogens with zero attached hydrogens (tertiary/aromatic N) is 2. The van der Waals surface area contributed by atoms with E-state index in [4.69, 9.17) is 11.6 Å². The molecule has 1 aliphatic heterocycles. The van der Waals surface area contributed by atoms with Gasteiger partial charge in [-0.25, -0.2) is 0 Å². The van der Waals surface area contributed by atoms with Crippen LogP contribution in [0, 0.1) is 5.92 Å². The standard InChI is InChI=1S/C10H14ClN3S.ClH/c11-9-1-2-10(14-13-9)15-7-8-3-5-12-6-4-8;/h1-2,8,12H,3-7H2;1H. The van der Waals surface area contributed by atoms with Crippen molar-refractivity contribution in [3.05, 3.63) is 17.3 Å². The third-order valence-electron chi connectivity index (χ3n) is 2.53. The summed E-state index contributed by atoms with van der Waals surface area (Å²) in [5.41, 5.74) is 0. The zero-order valence-corrected chi connectivity index (χ0v) is 11.2. The fourth-order valence-electron chi connectivity index (χ4n) is 1.63. The van der Waals surface area contributed by atoms with E-state index in [1.165, 1.54) is 12.8 Å². The van der Waals surface area contributed by atoms with E-state index in [9.17, 15) is 0 Å². The summed E-state index contributed by atoms with van der Waals surface area (Å²) in [6.07, 6.45) is 2.54. The van der Waals surface area contributed by atoms with Gasteiger partial charge in [0.2, 0.25) is 0 Å². The fourth-order valence-corrected chi connectivity index (χ4v) is 2.74. The molecule has 1 N–H and O–H groups in total. The second-order valence-corrected chi connectivity index (χ2v) is 5.13. The van der Waals surface area contributed by atoms with Crippen molar-refractivity contribution in [2.75, 3.05) is 18.8 Å². The van der Waals surface area contributed by atoms with Crippen LogP contribution in [0.1, 0.15) is 12.8 Å². The average Bonchev–Trinajstić information content (AvgIpc) is 2.30. The van der Waals surface area contributed by atoms with Crippen LogP contribution in [-0.4, -0.2) is 29.0 Å². The lowest BCUT2D eigenvalue weighted by Gasteiger charge is -2.21. The van der Waals surface area contributed by atoms with E-state index in [0.717, 1.165) is 29.8 Å². The maximum absolute atomic E-state index is 5.67. The Bertz CT molecular complexity index is 301. The second-order valence-electron chi connectivity index (χ2n) is 3.70. The molecular formula is C10H15Cl2N3S. The van der Waals surface area contributed by atoms with Crippen molar-refractivity contribution >= 4 is 35.8 Å². The van der Waals surface area contributed by atoms with Crippen molar-refractivity contribution in [3.8, 4) is 0 Å². The van der Waals surface area contributed by atoms with Crippen LogP contribution in [0.3, 0.4) is 0 Å². The van der Waals surface area contributed by atoms with Crippen molar-refractivity contribution < 1.29 is 0 Å². The number of rotatable bonds is 3. The van der Waals surface area contributed by atoms with Crippen LogP contribution in [0.4, 0.5) is 0 Å². The molecule has 0 amide bonds. The highest BCUT2D eigenvalue weighted by Gasteiger charge is 2.13. The van der Waals surface area contributed by atoms with Crippen molar-refractivity contribution in [1.82, 2.24) is 15.5 Å². The molecule has 0 unspecified atom stereocenters. The molecule has 0 spiro atoms. The van der Waals surface area contributed by atoms with Gasteiger partial charge in [-0.3, -0.25) is 0 Å². The van der Waals surface area contributed by atoms with E-state index in [0.29, 0.717) is 5.15 Å². The molecule has 1 aromatic rings. The smallest absolute Gasteiger partial charge is 0.151 e. The van der Waals surface area contributed by atoms with Crippen LogP contribution in [0.15, 0.2) is 17.2 Å². The first-order valence-corrected chi connectivity index (χ1v) is 6.54.